The van der Waals surface area contributed by atoms with Crippen molar-refractivity contribution in [2.24, 2.45) is 0 Å². The summed E-state index contributed by atoms with van der Waals surface area (Å²) in [6.45, 7) is 0. The van der Waals surface area contributed by atoms with E-state index >= 15 is 0 Å². The standard InChI is InChI=1S/C49H31N5OS/c1-4-14-30(15-5-1)43-45-44(36-22-10-11-25-41(36)56-45)51-48(50-43)35-21-12-20-33(28-35)34-26-27-39-38(29-34)42-37(23-13-24-40(42)55-39)49-53-46(31-16-6-2-7-17-31)52-47(54-49)32-18-8-3-9-19-32/h1-14,16-30H,15H2. The molecule has 0 N–H and O–H groups in total. The Bertz CT molecular complexity index is 3130. The zero-order valence-electron chi connectivity index (χ0n) is 30.0. The van der Waals surface area contributed by atoms with E-state index < -0.39 is 0 Å². The molecule has 7 heteroatoms. The molecule has 0 bridgehead atoms. The van der Waals surface area contributed by atoms with Gasteiger partial charge in [-0.3, -0.25) is 0 Å². The molecule has 1 unspecified atom stereocenters. The Morgan fingerprint density at radius 1 is 0.500 bits per heavy atom. The van der Waals surface area contributed by atoms with E-state index in [0.717, 1.165) is 83.5 Å². The zero-order chi connectivity index (χ0) is 37.0. The number of thiophene rings is 1. The van der Waals surface area contributed by atoms with Gasteiger partial charge in [0.05, 0.1) is 15.9 Å². The average molecular weight is 738 g/mol. The van der Waals surface area contributed by atoms with Gasteiger partial charge in [-0.25, -0.2) is 24.9 Å². The molecule has 264 valence electrons. The lowest BCUT2D eigenvalue weighted by atomic mass is 9.96. The minimum absolute atomic E-state index is 0.198. The highest BCUT2D eigenvalue weighted by Crippen LogP contribution is 2.41. The molecule has 4 aromatic heterocycles. The summed E-state index contributed by atoms with van der Waals surface area (Å²) in [5.74, 6) is 2.75. The van der Waals surface area contributed by atoms with Crippen LogP contribution in [0, 0.1) is 0 Å². The van der Waals surface area contributed by atoms with Crippen LogP contribution in [0.3, 0.4) is 0 Å². The predicted octanol–water partition coefficient (Wildman–Crippen LogP) is 12.9. The van der Waals surface area contributed by atoms with Crippen LogP contribution in [0.1, 0.15) is 18.0 Å². The van der Waals surface area contributed by atoms with E-state index in [1.807, 2.05) is 72.8 Å². The normalized spacial score (nSPS) is 14.0. The van der Waals surface area contributed by atoms with E-state index in [1.165, 1.54) is 10.1 Å². The van der Waals surface area contributed by atoms with Gasteiger partial charge in [-0.1, -0.05) is 140 Å². The van der Waals surface area contributed by atoms with E-state index in [1.54, 1.807) is 11.3 Å². The Balaban J connectivity index is 1.05. The maximum Gasteiger partial charge on any atom is 0.164 e. The molecule has 0 radical (unpaired) electrons. The third kappa shape index (κ3) is 5.60. The molecule has 0 aliphatic heterocycles. The molecule has 1 aliphatic rings. The Morgan fingerprint density at radius 2 is 1.18 bits per heavy atom. The van der Waals surface area contributed by atoms with Gasteiger partial charge in [0, 0.05) is 49.0 Å². The van der Waals surface area contributed by atoms with Crippen molar-refractivity contribution in [3.8, 4) is 56.7 Å². The molecule has 0 amide bonds. The summed E-state index contributed by atoms with van der Waals surface area (Å²) < 4.78 is 8.85. The van der Waals surface area contributed by atoms with Crippen molar-refractivity contribution in [3.63, 3.8) is 0 Å². The third-order valence-electron chi connectivity index (χ3n) is 10.5. The topological polar surface area (TPSA) is 77.6 Å². The van der Waals surface area contributed by atoms with Crippen molar-refractivity contribution in [2.45, 2.75) is 12.3 Å². The zero-order valence-corrected chi connectivity index (χ0v) is 30.8. The summed E-state index contributed by atoms with van der Waals surface area (Å²) in [7, 11) is 0. The molecule has 1 atom stereocenters. The number of benzene rings is 6. The minimum Gasteiger partial charge on any atom is -0.456 e. The van der Waals surface area contributed by atoms with Gasteiger partial charge in [-0.2, -0.15) is 0 Å². The molecular weight excluding hydrogens is 707 g/mol. The molecule has 56 heavy (non-hydrogen) atoms. The molecule has 6 aromatic carbocycles. The first-order valence-corrected chi connectivity index (χ1v) is 19.5. The third-order valence-corrected chi connectivity index (χ3v) is 11.6. The highest BCUT2D eigenvalue weighted by atomic mass is 32.1. The maximum absolute atomic E-state index is 6.47. The molecule has 6 nitrogen and oxygen atoms in total. The molecule has 1 aliphatic carbocycles. The van der Waals surface area contributed by atoms with Crippen molar-refractivity contribution < 1.29 is 4.42 Å². The number of allylic oxidation sites excluding steroid dienone is 4. The molecule has 0 fully saturated rings. The fourth-order valence-electron chi connectivity index (χ4n) is 7.74. The van der Waals surface area contributed by atoms with Crippen molar-refractivity contribution in [2.75, 3.05) is 0 Å². The summed E-state index contributed by atoms with van der Waals surface area (Å²) in [5.41, 5.74) is 9.50. The van der Waals surface area contributed by atoms with Gasteiger partial charge in [0.15, 0.2) is 23.3 Å². The fraction of sp³-hybridized carbons (Fsp3) is 0.0408. The number of rotatable bonds is 6. The second-order valence-corrected chi connectivity index (χ2v) is 15.0. The lowest BCUT2D eigenvalue weighted by Gasteiger charge is -2.15. The highest BCUT2D eigenvalue weighted by molar-refractivity contribution is 7.25. The van der Waals surface area contributed by atoms with Gasteiger partial charge < -0.3 is 4.42 Å². The van der Waals surface area contributed by atoms with Crippen LogP contribution in [0.15, 0.2) is 174 Å². The van der Waals surface area contributed by atoms with Crippen LogP contribution in [0.4, 0.5) is 0 Å². The number of hydrogen-bond acceptors (Lipinski definition) is 7. The molecule has 11 rings (SSSR count). The SMILES string of the molecule is C1=CCC(c2nc(-c3cccc(-c4ccc5oc6cccc(-c7nc(-c8ccccc8)nc(-c8ccccc8)n7)c6c5c4)c3)nc3c2sc2ccccc23)C=C1. The van der Waals surface area contributed by atoms with Crippen molar-refractivity contribution >= 4 is 53.6 Å². The van der Waals surface area contributed by atoms with Crippen molar-refractivity contribution in [1.82, 2.24) is 24.9 Å². The Hall–Kier alpha value is -7.09. The highest BCUT2D eigenvalue weighted by Gasteiger charge is 2.22. The Labute approximate surface area is 326 Å². The number of nitrogens with zero attached hydrogens (tertiary/aromatic N) is 5. The largest absolute Gasteiger partial charge is 0.456 e. The van der Waals surface area contributed by atoms with Gasteiger partial charge in [0.2, 0.25) is 0 Å². The van der Waals surface area contributed by atoms with E-state index in [2.05, 4.69) is 97.1 Å². The molecule has 4 heterocycles. The lowest BCUT2D eigenvalue weighted by Crippen LogP contribution is -2.03. The van der Waals surface area contributed by atoms with Crippen LogP contribution >= 0.6 is 11.3 Å². The minimum atomic E-state index is 0.198. The molecule has 0 saturated carbocycles. The van der Waals surface area contributed by atoms with E-state index in [-0.39, 0.29) is 5.92 Å². The summed E-state index contributed by atoms with van der Waals surface area (Å²) >= 11 is 1.78. The second-order valence-electron chi connectivity index (χ2n) is 14.0. The summed E-state index contributed by atoms with van der Waals surface area (Å²) in [4.78, 5) is 25.5. The van der Waals surface area contributed by atoms with Crippen molar-refractivity contribution in [1.29, 1.82) is 0 Å². The van der Waals surface area contributed by atoms with Crippen LogP contribution in [-0.4, -0.2) is 24.9 Å². The van der Waals surface area contributed by atoms with E-state index in [9.17, 15) is 0 Å². The van der Waals surface area contributed by atoms with Gasteiger partial charge >= 0.3 is 0 Å². The van der Waals surface area contributed by atoms with Gasteiger partial charge in [-0.15, -0.1) is 11.3 Å². The predicted molar refractivity (Wildman–Crippen MR) is 228 cm³/mol. The van der Waals surface area contributed by atoms with E-state index in [4.69, 9.17) is 29.3 Å². The fourth-order valence-corrected chi connectivity index (χ4v) is 8.93. The first-order valence-electron chi connectivity index (χ1n) is 18.7. The number of fused-ring (bicyclic) bond motifs is 6. The average Bonchev–Trinajstić information content (AvgIpc) is 3.85. The first-order chi connectivity index (χ1) is 27.7. The number of aromatic nitrogens is 5. The number of hydrogen-bond donors (Lipinski definition) is 0. The smallest absolute Gasteiger partial charge is 0.164 e. The second kappa shape index (κ2) is 13.3. The monoisotopic (exact) mass is 737 g/mol. The molecular formula is C49H31N5OS. The Morgan fingerprint density at radius 3 is 1.96 bits per heavy atom. The van der Waals surface area contributed by atoms with Crippen molar-refractivity contribution in [3.05, 3.63) is 176 Å². The summed E-state index contributed by atoms with van der Waals surface area (Å²) in [6, 6.07) is 49.6. The maximum atomic E-state index is 6.47. The van der Waals surface area contributed by atoms with Gasteiger partial charge in [0.1, 0.15) is 11.2 Å². The number of furan rings is 1. The van der Waals surface area contributed by atoms with Crippen LogP contribution in [0.2, 0.25) is 0 Å². The van der Waals surface area contributed by atoms with E-state index in [0.29, 0.717) is 17.5 Å². The van der Waals surface area contributed by atoms with Crippen LogP contribution < -0.4 is 0 Å². The van der Waals surface area contributed by atoms with Crippen LogP contribution in [0.5, 0.6) is 0 Å². The van der Waals surface area contributed by atoms with Gasteiger partial charge in [-0.05, 0) is 47.9 Å². The summed E-state index contributed by atoms with van der Waals surface area (Å²) in [5, 5.41) is 3.12. The lowest BCUT2D eigenvalue weighted by molar-refractivity contribution is 0.669. The quantitative estimate of drug-likeness (QED) is 0.169. The molecule has 10 aromatic rings. The first kappa shape index (κ1) is 32.3. The Kier molecular flexibility index (Phi) is 7.70. The molecule has 0 saturated heterocycles. The van der Waals surface area contributed by atoms with Crippen LogP contribution in [0.25, 0.3) is 98.9 Å². The molecule has 0 spiro atoms. The summed E-state index contributed by atoms with van der Waals surface area (Å²) in [6.07, 6.45) is 9.64. The van der Waals surface area contributed by atoms with Gasteiger partial charge in [0.25, 0.3) is 0 Å². The van der Waals surface area contributed by atoms with Crippen LogP contribution in [-0.2, 0) is 0 Å².